The van der Waals surface area contributed by atoms with Crippen LogP contribution in [0.4, 0.5) is 0 Å². The molecule has 1 heteroatoms. The number of hydrogen-bond acceptors (Lipinski definition) is 1. The van der Waals surface area contributed by atoms with Crippen molar-refractivity contribution in [3.63, 3.8) is 0 Å². The molecule has 0 bridgehead atoms. The maximum atomic E-state index is 5.55. The lowest BCUT2D eigenvalue weighted by Gasteiger charge is -2.40. The van der Waals surface area contributed by atoms with Crippen LogP contribution < -0.4 is 0 Å². The van der Waals surface area contributed by atoms with Gasteiger partial charge in [-0.3, -0.25) is 0 Å². The normalized spacial score (nSPS) is 48.6. The quantitative estimate of drug-likeness (QED) is 0.447. The Bertz CT molecular complexity index is 162. The summed E-state index contributed by atoms with van der Waals surface area (Å²) in [5.74, 6) is 0.692. The predicted molar refractivity (Wildman–Crippen MR) is 36.2 cm³/mol. The van der Waals surface area contributed by atoms with E-state index >= 15 is 0 Å². The molecule has 2 unspecified atom stereocenters. The molecular weight excluding hydrogens is 112 g/mol. The van der Waals surface area contributed by atoms with E-state index in [0.29, 0.717) is 5.92 Å². The van der Waals surface area contributed by atoms with Crippen LogP contribution in [-0.2, 0) is 4.74 Å². The first kappa shape index (κ1) is 5.48. The van der Waals surface area contributed by atoms with E-state index in [1.165, 1.54) is 18.4 Å². The van der Waals surface area contributed by atoms with Gasteiger partial charge in [-0.15, -0.1) is 0 Å². The van der Waals surface area contributed by atoms with Crippen LogP contribution in [-0.4, -0.2) is 12.2 Å². The van der Waals surface area contributed by atoms with Crippen LogP contribution in [0.2, 0.25) is 0 Å². The summed E-state index contributed by atoms with van der Waals surface area (Å²) in [6.07, 6.45) is 2.53. The summed E-state index contributed by atoms with van der Waals surface area (Å²) in [5.41, 5.74) is 1.51. The average Bonchev–Trinajstić information content (AvgIpc) is 1.93. The maximum Gasteiger partial charge on any atom is 0.0724 e. The van der Waals surface area contributed by atoms with Crippen LogP contribution >= 0.6 is 0 Å². The third-order valence-electron chi connectivity index (χ3n) is 2.75. The highest BCUT2D eigenvalue weighted by Gasteiger charge is 2.49. The van der Waals surface area contributed by atoms with Crippen molar-refractivity contribution < 1.29 is 4.74 Å². The van der Waals surface area contributed by atoms with Crippen molar-refractivity contribution in [2.75, 3.05) is 6.61 Å². The minimum absolute atomic E-state index is 0.205. The fourth-order valence-corrected chi connectivity index (χ4v) is 1.86. The Hall–Kier alpha value is -0.300. The van der Waals surface area contributed by atoms with Gasteiger partial charge < -0.3 is 4.74 Å². The van der Waals surface area contributed by atoms with Crippen molar-refractivity contribution in [2.45, 2.75) is 25.4 Å². The molecule has 1 nitrogen and oxygen atoms in total. The number of fused-ring (bicyclic) bond motifs is 1. The monoisotopic (exact) mass is 124 g/mol. The molecule has 1 saturated carbocycles. The van der Waals surface area contributed by atoms with Gasteiger partial charge in [0, 0.05) is 5.92 Å². The topological polar surface area (TPSA) is 9.23 Å². The van der Waals surface area contributed by atoms with Crippen LogP contribution in [0.15, 0.2) is 12.2 Å². The van der Waals surface area contributed by atoms with Crippen LogP contribution in [0.1, 0.15) is 19.8 Å². The van der Waals surface area contributed by atoms with E-state index in [-0.39, 0.29) is 5.60 Å². The van der Waals surface area contributed by atoms with E-state index in [2.05, 4.69) is 13.5 Å². The van der Waals surface area contributed by atoms with Gasteiger partial charge in [0.15, 0.2) is 0 Å². The second-order valence-electron chi connectivity index (χ2n) is 3.35. The summed E-state index contributed by atoms with van der Waals surface area (Å²) < 4.78 is 5.55. The molecule has 2 atom stereocenters. The second-order valence-corrected chi connectivity index (χ2v) is 3.35. The first-order valence-electron chi connectivity index (χ1n) is 3.54. The summed E-state index contributed by atoms with van der Waals surface area (Å²) in [4.78, 5) is 0. The standard InChI is InChI=1S/C8H12O/c1-6-5-9-8(2)4-3-7(6)8/h7H,1,3-5H2,2H3. The van der Waals surface area contributed by atoms with E-state index in [4.69, 9.17) is 4.74 Å². The van der Waals surface area contributed by atoms with E-state index in [1.54, 1.807) is 0 Å². The molecule has 0 aromatic carbocycles. The Labute approximate surface area is 55.7 Å². The Morgan fingerprint density at radius 2 is 2.56 bits per heavy atom. The Morgan fingerprint density at radius 3 is 2.78 bits per heavy atom. The second kappa shape index (κ2) is 1.40. The van der Waals surface area contributed by atoms with Gasteiger partial charge in [0.05, 0.1) is 12.2 Å². The van der Waals surface area contributed by atoms with Gasteiger partial charge in [0.1, 0.15) is 0 Å². The van der Waals surface area contributed by atoms with Gasteiger partial charge >= 0.3 is 0 Å². The third kappa shape index (κ3) is 0.531. The molecule has 1 saturated heterocycles. The van der Waals surface area contributed by atoms with Crippen molar-refractivity contribution in [1.29, 1.82) is 0 Å². The molecule has 2 aliphatic rings. The van der Waals surface area contributed by atoms with Crippen LogP contribution in [0.25, 0.3) is 0 Å². The molecule has 9 heavy (non-hydrogen) atoms. The Morgan fingerprint density at radius 1 is 1.78 bits per heavy atom. The first-order valence-corrected chi connectivity index (χ1v) is 3.54. The molecule has 2 fully saturated rings. The Balaban J connectivity index is 2.24. The first-order chi connectivity index (χ1) is 4.22. The minimum Gasteiger partial charge on any atom is -0.370 e. The molecule has 0 radical (unpaired) electrons. The zero-order chi connectivity index (χ0) is 6.48. The van der Waals surface area contributed by atoms with Gasteiger partial charge in [-0.25, -0.2) is 0 Å². The highest BCUT2D eigenvalue weighted by Crippen LogP contribution is 2.49. The molecular formula is C8H12O. The lowest BCUT2D eigenvalue weighted by molar-refractivity contribution is -0.0634. The smallest absolute Gasteiger partial charge is 0.0724 e. The summed E-state index contributed by atoms with van der Waals surface area (Å²) in [7, 11) is 0. The fourth-order valence-electron chi connectivity index (χ4n) is 1.86. The number of ether oxygens (including phenoxy) is 1. The number of hydrogen-bond donors (Lipinski definition) is 0. The summed E-state index contributed by atoms with van der Waals surface area (Å²) in [6, 6.07) is 0. The van der Waals surface area contributed by atoms with Crippen molar-refractivity contribution in [1.82, 2.24) is 0 Å². The molecule has 1 heterocycles. The summed E-state index contributed by atoms with van der Waals surface area (Å²) in [6.45, 7) is 6.96. The van der Waals surface area contributed by atoms with Crippen LogP contribution in [0.5, 0.6) is 0 Å². The summed E-state index contributed by atoms with van der Waals surface area (Å²) >= 11 is 0. The zero-order valence-corrected chi connectivity index (χ0v) is 5.81. The molecule has 0 aromatic rings. The molecule has 50 valence electrons. The van der Waals surface area contributed by atoms with E-state index in [1.807, 2.05) is 0 Å². The molecule has 0 N–H and O–H groups in total. The largest absolute Gasteiger partial charge is 0.370 e. The molecule has 1 aliphatic carbocycles. The van der Waals surface area contributed by atoms with Gasteiger partial charge in [-0.1, -0.05) is 6.58 Å². The highest BCUT2D eigenvalue weighted by molar-refractivity contribution is 5.19. The summed E-state index contributed by atoms with van der Waals surface area (Å²) in [5, 5.41) is 0. The third-order valence-corrected chi connectivity index (χ3v) is 2.75. The van der Waals surface area contributed by atoms with E-state index < -0.39 is 0 Å². The fraction of sp³-hybridized carbons (Fsp3) is 0.750. The lowest BCUT2D eigenvalue weighted by atomic mass is 9.69. The number of rotatable bonds is 0. The van der Waals surface area contributed by atoms with Gasteiger partial charge in [0.25, 0.3) is 0 Å². The SMILES string of the molecule is C=C1COC2(C)CCC12. The van der Waals surface area contributed by atoms with E-state index in [9.17, 15) is 0 Å². The van der Waals surface area contributed by atoms with Crippen LogP contribution in [0, 0.1) is 5.92 Å². The van der Waals surface area contributed by atoms with Crippen molar-refractivity contribution >= 4 is 0 Å². The maximum absolute atomic E-state index is 5.55. The Kier molecular flexibility index (Phi) is 0.854. The van der Waals surface area contributed by atoms with Gasteiger partial charge in [-0.2, -0.15) is 0 Å². The van der Waals surface area contributed by atoms with Crippen molar-refractivity contribution in [3.8, 4) is 0 Å². The van der Waals surface area contributed by atoms with Crippen molar-refractivity contribution in [2.24, 2.45) is 5.92 Å². The predicted octanol–water partition coefficient (Wildman–Crippen LogP) is 1.74. The highest BCUT2D eigenvalue weighted by atomic mass is 16.5. The molecule has 0 aromatic heterocycles. The molecule has 1 aliphatic heterocycles. The lowest BCUT2D eigenvalue weighted by Crippen LogP contribution is -2.41. The minimum atomic E-state index is 0.205. The van der Waals surface area contributed by atoms with Crippen molar-refractivity contribution in [3.05, 3.63) is 12.2 Å². The molecule has 0 amide bonds. The van der Waals surface area contributed by atoms with Crippen LogP contribution in [0.3, 0.4) is 0 Å². The molecule has 0 spiro atoms. The molecule has 2 rings (SSSR count). The zero-order valence-electron chi connectivity index (χ0n) is 5.81. The van der Waals surface area contributed by atoms with Gasteiger partial charge in [0.2, 0.25) is 0 Å². The van der Waals surface area contributed by atoms with E-state index in [0.717, 1.165) is 6.61 Å². The van der Waals surface area contributed by atoms with Gasteiger partial charge in [-0.05, 0) is 25.3 Å². The average molecular weight is 124 g/mol.